The molecule has 2 aromatic rings. The van der Waals surface area contributed by atoms with Gasteiger partial charge in [0.2, 0.25) is 0 Å². The number of benzene rings is 1. The van der Waals surface area contributed by atoms with E-state index in [1.54, 1.807) is 0 Å². The molecule has 1 heterocycles. The average molecular weight is 270 g/mol. The first-order valence-corrected chi connectivity index (χ1v) is 7.83. The number of nitrogens with zero attached hydrogens (tertiary/aromatic N) is 1. The topological polar surface area (TPSA) is 24.9 Å². The molecule has 0 aliphatic rings. The maximum Gasteiger partial charge on any atom is 0.0749 e. The summed E-state index contributed by atoms with van der Waals surface area (Å²) in [7, 11) is 0. The Morgan fingerprint density at radius 3 is 2.70 bits per heavy atom. The first-order chi connectivity index (χ1) is 9.76. The van der Waals surface area contributed by atoms with Crippen molar-refractivity contribution < 1.29 is 0 Å². The van der Waals surface area contributed by atoms with Gasteiger partial charge in [-0.2, -0.15) is 0 Å². The van der Waals surface area contributed by atoms with Gasteiger partial charge in [0.05, 0.1) is 5.52 Å². The van der Waals surface area contributed by atoms with Gasteiger partial charge < -0.3 is 5.32 Å². The van der Waals surface area contributed by atoms with Crippen LogP contribution in [0.4, 0.5) is 0 Å². The lowest BCUT2D eigenvalue weighted by Crippen LogP contribution is -2.23. The van der Waals surface area contributed by atoms with Gasteiger partial charge in [-0.25, -0.2) is 0 Å². The highest BCUT2D eigenvalue weighted by Crippen LogP contribution is 2.28. The van der Waals surface area contributed by atoms with Gasteiger partial charge in [0.1, 0.15) is 0 Å². The summed E-state index contributed by atoms with van der Waals surface area (Å²) >= 11 is 0. The standard InChI is InChI=1S/C18H26N2/c1-4-8-14(3)13-17(19-5-2)16-11-6-9-15-10-7-12-20-18(15)16/h6-7,9-12,14,17,19H,4-5,8,13H2,1-3H3. The number of para-hydroxylation sites is 1. The summed E-state index contributed by atoms with van der Waals surface area (Å²) in [6.07, 6.45) is 5.62. The predicted molar refractivity (Wildman–Crippen MR) is 86.8 cm³/mol. The van der Waals surface area contributed by atoms with Crippen LogP contribution >= 0.6 is 0 Å². The van der Waals surface area contributed by atoms with Crippen molar-refractivity contribution in [3.63, 3.8) is 0 Å². The van der Waals surface area contributed by atoms with Crippen LogP contribution in [0.5, 0.6) is 0 Å². The molecule has 0 spiro atoms. The van der Waals surface area contributed by atoms with Crippen molar-refractivity contribution in [3.05, 3.63) is 42.1 Å². The smallest absolute Gasteiger partial charge is 0.0749 e. The van der Waals surface area contributed by atoms with E-state index in [1.165, 1.54) is 30.2 Å². The third kappa shape index (κ3) is 3.57. The van der Waals surface area contributed by atoms with Gasteiger partial charge in [0.15, 0.2) is 0 Å². The highest BCUT2D eigenvalue weighted by Gasteiger charge is 2.16. The lowest BCUT2D eigenvalue weighted by molar-refractivity contribution is 0.396. The van der Waals surface area contributed by atoms with Crippen molar-refractivity contribution in [1.29, 1.82) is 0 Å². The second-order valence-corrected chi connectivity index (χ2v) is 5.66. The molecule has 20 heavy (non-hydrogen) atoms. The van der Waals surface area contributed by atoms with Gasteiger partial charge in [-0.15, -0.1) is 0 Å². The highest BCUT2D eigenvalue weighted by atomic mass is 14.9. The number of hydrogen-bond acceptors (Lipinski definition) is 2. The van der Waals surface area contributed by atoms with Crippen LogP contribution in [-0.4, -0.2) is 11.5 Å². The van der Waals surface area contributed by atoms with E-state index in [2.05, 4.69) is 55.3 Å². The molecule has 0 bridgehead atoms. The van der Waals surface area contributed by atoms with E-state index in [9.17, 15) is 0 Å². The second-order valence-electron chi connectivity index (χ2n) is 5.66. The van der Waals surface area contributed by atoms with Crippen molar-refractivity contribution in [1.82, 2.24) is 10.3 Å². The van der Waals surface area contributed by atoms with Crippen LogP contribution in [-0.2, 0) is 0 Å². The highest BCUT2D eigenvalue weighted by molar-refractivity contribution is 5.82. The zero-order valence-corrected chi connectivity index (χ0v) is 12.9. The summed E-state index contributed by atoms with van der Waals surface area (Å²) in [5, 5.41) is 4.87. The minimum Gasteiger partial charge on any atom is -0.310 e. The van der Waals surface area contributed by atoms with Crippen molar-refractivity contribution >= 4 is 10.9 Å². The fourth-order valence-corrected chi connectivity index (χ4v) is 2.99. The molecule has 0 radical (unpaired) electrons. The van der Waals surface area contributed by atoms with Crippen LogP contribution < -0.4 is 5.32 Å². The molecule has 0 saturated carbocycles. The zero-order valence-electron chi connectivity index (χ0n) is 12.9. The largest absolute Gasteiger partial charge is 0.310 e. The molecule has 0 fully saturated rings. The lowest BCUT2D eigenvalue weighted by Gasteiger charge is -2.23. The number of fused-ring (bicyclic) bond motifs is 1. The fraction of sp³-hybridized carbons (Fsp3) is 0.500. The molecule has 2 unspecified atom stereocenters. The quantitative estimate of drug-likeness (QED) is 0.788. The third-order valence-electron chi connectivity index (χ3n) is 3.91. The van der Waals surface area contributed by atoms with Gasteiger partial charge in [0, 0.05) is 17.6 Å². The first-order valence-electron chi connectivity index (χ1n) is 7.83. The van der Waals surface area contributed by atoms with Crippen molar-refractivity contribution in [2.24, 2.45) is 5.92 Å². The maximum atomic E-state index is 4.60. The number of aromatic nitrogens is 1. The Kier molecular flexibility index (Phi) is 5.54. The molecule has 2 heteroatoms. The summed E-state index contributed by atoms with van der Waals surface area (Å²) in [5.74, 6) is 0.739. The van der Waals surface area contributed by atoms with E-state index in [-0.39, 0.29) is 0 Å². The van der Waals surface area contributed by atoms with E-state index < -0.39 is 0 Å². The van der Waals surface area contributed by atoms with Gasteiger partial charge in [-0.3, -0.25) is 4.98 Å². The monoisotopic (exact) mass is 270 g/mol. The number of nitrogens with one attached hydrogen (secondary N) is 1. The zero-order chi connectivity index (χ0) is 14.4. The average Bonchev–Trinajstić information content (AvgIpc) is 2.46. The van der Waals surface area contributed by atoms with Crippen LogP contribution in [0.3, 0.4) is 0 Å². The van der Waals surface area contributed by atoms with Crippen molar-refractivity contribution in [3.8, 4) is 0 Å². The number of rotatable bonds is 7. The van der Waals surface area contributed by atoms with Crippen molar-refractivity contribution in [2.45, 2.75) is 46.1 Å². The van der Waals surface area contributed by atoms with Crippen LogP contribution in [0.1, 0.15) is 51.6 Å². The van der Waals surface area contributed by atoms with Crippen LogP contribution in [0.25, 0.3) is 10.9 Å². The molecule has 0 aliphatic carbocycles. The molecule has 1 N–H and O–H groups in total. The molecule has 2 nitrogen and oxygen atoms in total. The summed E-state index contributed by atoms with van der Waals surface area (Å²) < 4.78 is 0. The molecular weight excluding hydrogens is 244 g/mol. The Labute approximate surface area is 122 Å². The van der Waals surface area contributed by atoms with E-state index in [1.807, 2.05) is 12.3 Å². The van der Waals surface area contributed by atoms with Gasteiger partial charge in [-0.1, -0.05) is 57.9 Å². The number of hydrogen-bond donors (Lipinski definition) is 1. The molecule has 2 rings (SSSR count). The van der Waals surface area contributed by atoms with Gasteiger partial charge in [0.25, 0.3) is 0 Å². The minimum absolute atomic E-state index is 0.403. The van der Waals surface area contributed by atoms with E-state index in [0.717, 1.165) is 18.0 Å². The third-order valence-corrected chi connectivity index (χ3v) is 3.91. The van der Waals surface area contributed by atoms with Crippen LogP contribution in [0.2, 0.25) is 0 Å². The molecular formula is C18H26N2. The van der Waals surface area contributed by atoms with Crippen molar-refractivity contribution in [2.75, 3.05) is 6.54 Å². The van der Waals surface area contributed by atoms with E-state index >= 15 is 0 Å². The van der Waals surface area contributed by atoms with Crippen LogP contribution in [0, 0.1) is 5.92 Å². The molecule has 0 aliphatic heterocycles. The molecule has 108 valence electrons. The number of pyridine rings is 1. The predicted octanol–water partition coefficient (Wildman–Crippen LogP) is 4.71. The Balaban J connectivity index is 2.31. The van der Waals surface area contributed by atoms with E-state index in [4.69, 9.17) is 0 Å². The Morgan fingerprint density at radius 1 is 1.15 bits per heavy atom. The molecule has 0 amide bonds. The summed E-state index contributed by atoms with van der Waals surface area (Å²) in [6, 6.07) is 11.1. The molecule has 0 saturated heterocycles. The first kappa shape index (κ1) is 15.0. The van der Waals surface area contributed by atoms with Gasteiger partial charge in [-0.05, 0) is 30.5 Å². The SMILES string of the molecule is CCCC(C)CC(NCC)c1cccc2cccnc12. The second kappa shape index (κ2) is 7.39. The molecule has 1 aromatic carbocycles. The minimum atomic E-state index is 0.403. The Hall–Kier alpha value is -1.41. The maximum absolute atomic E-state index is 4.60. The molecule has 1 aromatic heterocycles. The molecule has 2 atom stereocenters. The van der Waals surface area contributed by atoms with Crippen LogP contribution in [0.15, 0.2) is 36.5 Å². The normalized spacial score (nSPS) is 14.3. The summed E-state index contributed by atoms with van der Waals surface area (Å²) in [4.78, 5) is 4.60. The van der Waals surface area contributed by atoms with E-state index in [0.29, 0.717) is 6.04 Å². The fourth-order valence-electron chi connectivity index (χ4n) is 2.99. The Bertz CT molecular complexity index is 530. The lowest BCUT2D eigenvalue weighted by atomic mass is 9.91. The van der Waals surface area contributed by atoms with Gasteiger partial charge >= 0.3 is 0 Å². The Morgan fingerprint density at radius 2 is 1.95 bits per heavy atom. The summed E-state index contributed by atoms with van der Waals surface area (Å²) in [5.41, 5.74) is 2.48. The summed E-state index contributed by atoms with van der Waals surface area (Å²) in [6.45, 7) is 7.79.